The molecule has 1 heterocycles. The average molecular weight is 441 g/mol. The Kier molecular flexibility index (Phi) is 7.82. The average Bonchev–Trinajstić information content (AvgIpc) is 3.01. The topological polar surface area (TPSA) is 92.8 Å². The number of nitrogens with zero attached hydrogens (tertiary/aromatic N) is 1. The largest absolute Gasteiger partial charge is 0.452 e. The lowest BCUT2D eigenvalue weighted by atomic mass is 10.1. The number of sulfonamides is 1. The van der Waals surface area contributed by atoms with Crippen LogP contribution in [-0.4, -0.2) is 50.3 Å². The summed E-state index contributed by atoms with van der Waals surface area (Å²) in [5.74, 6) is -2.16. The summed E-state index contributed by atoms with van der Waals surface area (Å²) >= 11 is 0. The Hall–Kier alpha value is -2.00. The molecule has 1 aliphatic heterocycles. The van der Waals surface area contributed by atoms with Crippen molar-refractivity contribution in [2.45, 2.75) is 68.7 Å². The fraction of sp³-hybridized carbons (Fsp3) is 0.619. The zero-order valence-corrected chi connectivity index (χ0v) is 17.9. The summed E-state index contributed by atoms with van der Waals surface area (Å²) in [7, 11) is -4.03. The molecule has 0 bridgehead atoms. The number of halogens is 1. The molecular weight excluding hydrogens is 411 g/mol. The van der Waals surface area contributed by atoms with E-state index in [9.17, 15) is 22.4 Å². The van der Waals surface area contributed by atoms with E-state index >= 15 is 0 Å². The van der Waals surface area contributed by atoms with Crippen LogP contribution in [0.1, 0.15) is 68.1 Å². The highest BCUT2D eigenvalue weighted by Crippen LogP contribution is 2.24. The zero-order chi connectivity index (χ0) is 21.6. The maximum atomic E-state index is 14.3. The van der Waals surface area contributed by atoms with Crippen molar-refractivity contribution < 1.29 is 27.1 Å². The molecule has 1 N–H and O–H groups in total. The van der Waals surface area contributed by atoms with Gasteiger partial charge in [-0.3, -0.25) is 4.79 Å². The predicted molar refractivity (Wildman–Crippen MR) is 109 cm³/mol. The molecule has 1 aliphatic carbocycles. The van der Waals surface area contributed by atoms with Crippen molar-refractivity contribution in [3.8, 4) is 0 Å². The van der Waals surface area contributed by atoms with E-state index in [-0.39, 0.29) is 11.6 Å². The number of hydrogen-bond donors (Lipinski definition) is 1. The molecule has 0 aromatic heterocycles. The van der Waals surface area contributed by atoms with Crippen LogP contribution in [-0.2, 0) is 19.6 Å². The minimum atomic E-state index is -4.03. The first-order valence-corrected chi connectivity index (χ1v) is 12.1. The highest BCUT2D eigenvalue weighted by atomic mass is 32.2. The number of carbonyl (C=O) groups excluding carboxylic acids is 2. The van der Waals surface area contributed by atoms with Gasteiger partial charge in [0.15, 0.2) is 6.61 Å². The molecule has 0 atom stereocenters. The lowest BCUT2D eigenvalue weighted by Gasteiger charge is -2.26. The van der Waals surface area contributed by atoms with E-state index in [0.717, 1.165) is 76.0 Å². The number of benzene rings is 1. The Bertz CT molecular complexity index is 860. The molecule has 0 spiro atoms. The number of amides is 1. The van der Waals surface area contributed by atoms with Crippen molar-refractivity contribution in [3.05, 3.63) is 29.6 Å². The van der Waals surface area contributed by atoms with Crippen molar-refractivity contribution in [1.29, 1.82) is 0 Å². The minimum absolute atomic E-state index is 0.0887. The molecule has 1 amide bonds. The lowest BCUT2D eigenvalue weighted by molar-refractivity contribution is -0.125. The summed E-state index contributed by atoms with van der Waals surface area (Å²) in [6.45, 7) is 0.205. The van der Waals surface area contributed by atoms with Crippen LogP contribution in [0.2, 0.25) is 0 Å². The van der Waals surface area contributed by atoms with Gasteiger partial charge in [0, 0.05) is 19.1 Å². The number of nitrogens with one attached hydrogen (secondary N) is 1. The summed E-state index contributed by atoms with van der Waals surface area (Å²) in [4.78, 5) is 23.9. The second-order valence-electron chi connectivity index (χ2n) is 7.94. The summed E-state index contributed by atoms with van der Waals surface area (Å²) in [5.41, 5.74) is -0.103. The summed E-state index contributed by atoms with van der Waals surface area (Å²) < 4.78 is 46.1. The van der Waals surface area contributed by atoms with Crippen molar-refractivity contribution in [2.24, 2.45) is 0 Å². The number of hydrogen-bond acceptors (Lipinski definition) is 5. The molecule has 30 heavy (non-hydrogen) atoms. The van der Waals surface area contributed by atoms with Crippen molar-refractivity contribution in [1.82, 2.24) is 9.62 Å². The van der Waals surface area contributed by atoms with Gasteiger partial charge in [-0.05, 0) is 43.9 Å². The van der Waals surface area contributed by atoms with Gasteiger partial charge in [-0.25, -0.2) is 17.6 Å². The third-order valence-corrected chi connectivity index (χ3v) is 7.57. The number of ether oxygens (including phenoxy) is 1. The van der Waals surface area contributed by atoms with Crippen LogP contribution in [0.15, 0.2) is 23.1 Å². The number of piperidine rings is 1. The van der Waals surface area contributed by atoms with E-state index < -0.39 is 39.2 Å². The van der Waals surface area contributed by atoms with Crippen molar-refractivity contribution in [3.63, 3.8) is 0 Å². The maximum absolute atomic E-state index is 14.3. The monoisotopic (exact) mass is 440 g/mol. The summed E-state index contributed by atoms with van der Waals surface area (Å²) in [6.07, 6.45) is 8.65. The van der Waals surface area contributed by atoms with Gasteiger partial charge in [0.2, 0.25) is 10.0 Å². The quantitative estimate of drug-likeness (QED) is 0.542. The molecule has 2 aliphatic rings. The van der Waals surface area contributed by atoms with Gasteiger partial charge in [-0.15, -0.1) is 0 Å². The molecule has 7 nitrogen and oxygen atoms in total. The van der Waals surface area contributed by atoms with Crippen LogP contribution in [0, 0.1) is 5.82 Å². The molecule has 3 rings (SSSR count). The first-order chi connectivity index (χ1) is 14.4. The summed E-state index contributed by atoms with van der Waals surface area (Å²) in [6, 6.07) is 3.19. The third kappa shape index (κ3) is 5.78. The molecule has 2 fully saturated rings. The molecule has 0 unspecified atom stereocenters. The smallest absolute Gasteiger partial charge is 0.338 e. The highest BCUT2D eigenvalue weighted by molar-refractivity contribution is 7.89. The van der Waals surface area contributed by atoms with Crippen molar-refractivity contribution >= 4 is 21.9 Å². The van der Waals surface area contributed by atoms with E-state index in [2.05, 4.69) is 5.32 Å². The van der Waals surface area contributed by atoms with Gasteiger partial charge < -0.3 is 10.1 Å². The molecule has 1 saturated carbocycles. The van der Waals surface area contributed by atoms with Gasteiger partial charge in [0.25, 0.3) is 5.91 Å². The fourth-order valence-corrected chi connectivity index (χ4v) is 5.59. The fourth-order valence-electron chi connectivity index (χ4n) is 3.98. The Morgan fingerprint density at radius 1 is 1.03 bits per heavy atom. The second kappa shape index (κ2) is 10.3. The normalized spacial score (nSPS) is 19.1. The standard InChI is InChI=1S/C21H29FN2O5S/c22-18-11-10-16(14-19(18)30(27,28)24-12-6-3-7-13-24)21(26)29-15-20(25)23-17-8-4-1-2-5-9-17/h10-11,14,17H,1-9,12-13,15H2,(H,23,25). The molecule has 1 aromatic carbocycles. The van der Waals surface area contributed by atoms with Gasteiger partial charge in [0.1, 0.15) is 10.7 Å². The SMILES string of the molecule is O=C(COC(=O)c1ccc(F)c(S(=O)(=O)N2CCCCC2)c1)NC1CCCCCC1. The van der Waals surface area contributed by atoms with Crippen LogP contribution in [0.3, 0.4) is 0 Å². The van der Waals surface area contributed by atoms with Crippen LogP contribution in [0.25, 0.3) is 0 Å². The minimum Gasteiger partial charge on any atom is -0.452 e. The molecule has 1 saturated heterocycles. The zero-order valence-electron chi connectivity index (χ0n) is 17.1. The van der Waals surface area contributed by atoms with E-state index in [1.165, 1.54) is 4.31 Å². The lowest BCUT2D eigenvalue weighted by Crippen LogP contribution is -2.37. The molecule has 9 heteroatoms. The maximum Gasteiger partial charge on any atom is 0.338 e. The Morgan fingerprint density at radius 3 is 2.33 bits per heavy atom. The predicted octanol–water partition coefficient (Wildman–Crippen LogP) is 3.00. The number of rotatable bonds is 6. The van der Waals surface area contributed by atoms with E-state index in [0.29, 0.717) is 13.1 Å². The number of esters is 1. The molecule has 166 valence electrons. The van der Waals surface area contributed by atoms with Gasteiger partial charge in [-0.1, -0.05) is 32.1 Å². The van der Waals surface area contributed by atoms with E-state index in [1.54, 1.807) is 0 Å². The second-order valence-corrected chi connectivity index (χ2v) is 9.85. The highest BCUT2D eigenvalue weighted by Gasteiger charge is 2.29. The van der Waals surface area contributed by atoms with Crippen LogP contribution >= 0.6 is 0 Å². The Labute approximate surface area is 177 Å². The van der Waals surface area contributed by atoms with Crippen molar-refractivity contribution in [2.75, 3.05) is 19.7 Å². The van der Waals surface area contributed by atoms with Crippen LogP contribution in [0.5, 0.6) is 0 Å². The van der Waals surface area contributed by atoms with E-state index in [4.69, 9.17) is 4.74 Å². The van der Waals surface area contributed by atoms with Gasteiger partial charge >= 0.3 is 5.97 Å². The molecule has 1 aromatic rings. The Morgan fingerprint density at radius 2 is 1.67 bits per heavy atom. The first-order valence-electron chi connectivity index (χ1n) is 10.6. The van der Waals surface area contributed by atoms with Crippen LogP contribution < -0.4 is 5.32 Å². The van der Waals surface area contributed by atoms with E-state index in [1.807, 2.05) is 0 Å². The third-order valence-electron chi connectivity index (χ3n) is 5.65. The number of carbonyl (C=O) groups is 2. The van der Waals surface area contributed by atoms with Gasteiger partial charge in [0.05, 0.1) is 5.56 Å². The Balaban J connectivity index is 1.62. The van der Waals surface area contributed by atoms with Crippen LogP contribution in [0.4, 0.5) is 4.39 Å². The van der Waals surface area contributed by atoms with Gasteiger partial charge in [-0.2, -0.15) is 4.31 Å². The summed E-state index contributed by atoms with van der Waals surface area (Å²) in [5, 5.41) is 2.87. The first kappa shape index (κ1) is 22.7. The molecular formula is C21H29FN2O5S. The molecule has 0 radical (unpaired) electrons.